The number of carbonyl (C=O) groups is 3. The van der Waals surface area contributed by atoms with Crippen LogP contribution in [0.2, 0.25) is 10.0 Å². The molecule has 17 heteroatoms. The van der Waals surface area contributed by atoms with Crippen LogP contribution >= 0.6 is 70.2 Å². The van der Waals surface area contributed by atoms with Gasteiger partial charge in [-0.3, -0.25) is 19.5 Å². The topological polar surface area (TPSA) is 177 Å². The van der Waals surface area contributed by atoms with E-state index in [9.17, 15) is 19.5 Å². The van der Waals surface area contributed by atoms with Crippen LogP contribution < -0.4 is 16.8 Å². The number of rotatable bonds is 9. The summed E-state index contributed by atoms with van der Waals surface area (Å²) in [4.78, 5) is 51.6. The van der Waals surface area contributed by atoms with Crippen LogP contribution in [0.1, 0.15) is 0 Å². The van der Waals surface area contributed by atoms with Crippen LogP contribution in [0.15, 0.2) is 39.1 Å². The normalized spacial score (nSPS) is 19.1. The number of nitrogens with one attached hydrogen (secondary N) is 1. The molecule has 0 aliphatic carbocycles. The number of aliphatic carboxylic acids is 1. The molecule has 2 aliphatic heterocycles. The summed E-state index contributed by atoms with van der Waals surface area (Å²) in [6.07, 6.45) is 2.84. The predicted molar refractivity (Wildman–Crippen MR) is 144 cm³/mol. The van der Waals surface area contributed by atoms with E-state index < -0.39 is 29.2 Å². The molecule has 0 radical (unpaired) electrons. The Kier molecular flexibility index (Phi) is 8.67. The summed E-state index contributed by atoms with van der Waals surface area (Å²) in [5, 5.41) is 13.4. The molecule has 4 heterocycles. The third-order valence-corrected chi connectivity index (χ3v) is 10.2. The molecule has 2 unspecified atom stereocenters. The van der Waals surface area contributed by atoms with Crippen molar-refractivity contribution in [2.75, 3.05) is 28.1 Å². The lowest BCUT2D eigenvalue weighted by molar-refractivity contribution is -0.150. The number of nitrogens with zero attached hydrogens (tertiary/aromatic N) is 4. The predicted octanol–water partition coefficient (Wildman–Crippen LogP) is 2.61. The lowest BCUT2D eigenvalue weighted by Crippen LogP contribution is -2.70. The third kappa shape index (κ3) is 5.92. The Morgan fingerprint density at radius 3 is 2.47 bits per heavy atom. The molecule has 1 saturated heterocycles. The fourth-order valence-corrected chi connectivity index (χ4v) is 8.32. The van der Waals surface area contributed by atoms with E-state index in [0.29, 0.717) is 35.8 Å². The van der Waals surface area contributed by atoms with E-state index in [1.165, 1.54) is 58.6 Å². The Bertz CT molecular complexity index is 1230. The number of hydrogen-bond donors (Lipinski definition) is 4. The number of β-lactam (4-membered cyclic amide) rings is 1. The number of fused-ring (bicyclic) bond motifs is 1. The second-order valence-electron chi connectivity index (χ2n) is 7.16. The van der Waals surface area contributed by atoms with Crippen molar-refractivity contribution in [2.24, 2.45) is 0 Å². The number of nitrogens with two attached hydrogens (primary N) is 2. The molecule has 0 spiro atoms. The van der Waals surface area contributed by atoms with Crippen LogP contribution in [-0.4, -0.2) is 70.7 Å². The summed E-state index contributed by atoms with van der Waals surface area (Å²) in [7, 11) is 0. The first-order valence-electron chi connectivity index (χ1n) is 9.93. The summed E-state index contributed by atoms with van der Waals surface area (Å²) in [5.41, 5.74) is 11.3. The second kappa shape index (κ2) is 11.6. The standard InChI is InChI=1S/C19H17Cl2N7O4S4/c20-7-2-24-3-8(21)15(7)33-5-12(29)27-13-16(30)28-14(18(31)32)9(4-34-17(13)28)35-6-36-19-25-10(22)1-11(23)26-19/h1-3,13,17H,4-6H2,(H,27,29)(H,31,32)(H4,22,23,25,26). The molecule has 190 valence electrons. The minimum absolute atomic E-state index is 0.0266. The molecule has 0 aromatic carbocycles. The van der Waals surface area contributed by atoms with Crippen LogP contribution in [0, 0.1) is 0 Å². The van der Waals surface area contributed by atoms with Crippen molar-refractivity contribution < 1.29 is 19.5 Å². The van der Waals surface area contributed by atoms with Crippen LogP contribution in [0.5, 0.6) is 0 Å². The number of aromatic nitrogens is 3. The maximum Gasteiger partial charge on any atom is 0.353 e. The Hall–Kier alpha value is -2.04. The van der Waals surface area contributed by atoms with Gasteiger partial charge >= 0.3 is 5.97 Å². The highest BCUT2D eigenvalue weighted by atomic mass is 35.5. The first kappa shape index (κ1) is 27.0. The van der Waals surface area contributed by atoms with Gasteiger partial charge in [-0.2, -0.15) is 0 Å². The maximum atomic E-state index is 12.8. The number of nitrogen functional groups attached to an aromatic ring is 2. The van der Waals surface area contributed by atoms with Gasteiger partial charge in [0, 0.05) is 34.0 Å². The molecule has 36 heavy (non-hydrogen) atoms. The highest BCUT2D eigenvalue weighted by molar-refractivity contribution is 8.18. The van der Waals surface area contributed by atoms with Crippen LogP contribution in [-0.2, 0) is 14.4 Å². The highest BCUT2D eigenvalue weighted by Crippen LogP contribution is 2.44. The van der Waals surface area contributed by atoms with Crippen molar-refractivity contribution >= 4 is 99.7 Å². The summed E-state index contributed by atoms with van der Waals surface area (Å²) in [6.45, 7) is 0. The van der Waals surface area contributed by atoms with Gasteiger partial charge in [-0.15, -0.1) is 35.3 Å². The van der Waals surface area contributed by atoms with Gasteiger partial charge in [-0.05, 0) is 0 Å². The Morgan fingerprint density at radius 1 is 1.17 bits per heavy atom. The van der Waals surface area contributed by atoms with Gasteiger partial charge < -0.3 is 21.9 Å². The number of halogens is 2. The molecule has 2 aromatic rings. The summed E-state index contributed by atoms with van der Waals surface area (Å²) in [5.74, 6) is -1.29. The van der Waals surface area contributed by atoms with E-state index in [0.717, 1.165) is 11.8 Å². The van der Waals surface area contributed by atoms with E-state index in [1.54, 1.807) is 0 Å². The van der Waals surface area contributed by atoms with Gasteiger partial charge in [-0.25, -0.2) is 14.8 Å². The zero-order chi connectivity index (χ0) is 26.0. The van der Waals surface area contributed by atoms with Crippen molar-refractivity contribution in [3.05, 3.63) is 39.1 Å². The molecule has 2 atom stereocenters. The molecule has 2 amide bonds. The van der Waals surface area contributed by atoms with Gasteiger partial charge in [0.2, 0.25) is 5.91 Å². The zero-order valence-corrected chi connectivity index (χ0v) is 22.8. The minimum Gasteiger partial charge on any atom is -0.477 e. The van der Waals surface area contributed by atoms with E-state index in [4.69, 9.17) is 34.7 Å². The van der Waals surface area contributed by atoms with Crippen molar-refractivity contribution in [1.82, 2.24) is 25.2 Å². The Balaban J connectivity index is 1.36. The first-order chi connectivity index (χ1) is 17.2. The fourth-order valence-electron chi connectivity index (χ4n) is 3.27. The highest BCUT2D eigenvalue weighted by Gasteiger charge is 2.54. The molecule has 2 aliphatic rings. The smallest absolute Gasteiger partial charge is 0.353 e. The molecule has 1 fully saturated rings. The zero-order valence-electron chi connectivity index (χ0n) is 18.0. The van der Waals surface area contributed by atoms with E-state index >= 15 is 0 Å². The molecule has 2 aromatic heterocycles. The lowest BCUT2D eigenvalue weighted by atomic mass is 10.1. The van der Waals surface area contributed by atoms with Crippen molar-refractivity contribution in [3.8, 4) is 0 Å². The molecule has 6 N–H and O–H groups in total. The van der Waals surface area contributed by atoms with Crippen molar-refractivity contribution in [3.63, 3.8) is 0 Å². The molecule has 0 bridgehead atoms. The molecular formula is C19H17Cl2N7O4S4. The molecule has 0 saturated carbocycles. The van der Waals surface area contributed by atoms with Crippen molar-refractivity contribution in [1.29, 1.82) is 0 Å². The summed E-state index contributed by atoms with van der Waals surface area (Å²) in [6, 6.07) is 0.609. The Morgan fingerprint density at radius 2 is 1.83 bits per heavy atom. The fraction of sp³-hybridized carbons (Fsp3) is 0.263. The average Bonchev–Trinajstić information content (AvgIpc) is 2.81. The quantitative estimate of drug-likeness (QED) is 0.142. The number of pyridine rings is 1. The van der Waals surface area contributed by atoms with Gasteiger partial charge in [0.05, 0.1) is 20.9 Å². The van der Waals surface area contributed by atoms with Crippen LogP contribution in [0.3, 0.4) is 0 Å². The monoisotopic (exact) mass is 605 g/mol. The average molecular weight is 607 g/mol. The first-order valence-corrected chi connectivity index (χ1v) is 14.7. The summed E-state index contributed by atoms with van der Waals surface area (Å²) < 4.78 is 0. The van der Waals surface area contributed by atoms with Gasteiger partial charge in [0.15, 0.2) is 5.16 Å². The molecule has 11 nitrogen and oxygen atoms in total. The number of carbonyl (C=O) groups excluding carboxylic acids is 2. The second-order valence-corrected chi connectivity index (χ2v) is 12.4. The van der Waals surface area contributed by atoms with E-state index in [1.807, 2.05) is 0 Å². The van der Waals surface area contributed by atoms with Gasteiger partial charge in [0.1, 0.15) is 28.7 Å². The molecular weight excluding hydrogens is 589 g/mol. The van der Waals surface area contributed by atoms with Crippen LogP contribution in [0.4, 0.5) is 11.6 Å². The number of hydrogen-bond acceptors (Lipinski definition) is 12. The van der Waals surface area contributed by atoms with E-state index in [2.05, 4.69) is 20.3 Å². The largest absolute Gasteiger partial charge is 0.477 e. The maximum absolute atomic E-state index is 12.8. The number of anilines is 2. The number of carboxylic acids is 1. The lowest BCUT2D eigenvalue weighted by Gasteiger charge is -2.49. The van der Waals surface area contributed by atoms with Crippen LogP contribution in [0.25, 0.3) is 0 Å². The van der Waals surface area contributed by atoms with Gasteiger partial charge in [0.25, 0.3) is 5.91 Å². The Labute approximate surface area is 231 Å². The van der Waals surface area contributed by atoms with E-state index in [-0.39, 0.29) is 23.1 Å². The minimum atomic E-state index is -1.21. The number of carboxylic acid groups (broad SMARTS) is 1. The summed E-state index contributed by atoms with van der Waals surface area (Å²) >= 11 is 17.2. The SMILES string of the molecule is Nc1cc(N)nc(SCSC2=C(C(=O)O)N3C(=O)C(NC(=O)CSc4c(Cl)cncc4Cl)C3SC2)n1. The third-order valence-electron chi connectivity index (χ3n) is 4.78. The van der Waals surface area contributed by atoms with Gasteiger partial charge in [-0.1, -0.05) is 35.0 Å². The molecule has 4 rings (SSSR count). The number of amides is 2. The van der Waals surface area contributed by atoms with Crippen molar-refractivity contribution in [2.45, 2.75) is 21.5 Å². The number of thioether (sulfide) groups is 4.